The molecule has 1 aromatic heterocycles. The van der Waals surface area contributed by atoms with Crippen LogP contribution in [-0.2, 0) is 6.54 Å². The molecule has 1 saturated carbocycles. The van der Waals surface area contributed by atoms with Crippen LogP contribution in [0.3, 0.4) is 0 Å². The summed E-state index contributed by atoms with van der Waals surface area (Å²) in [6.07, 6.45) is 5.56. The summed E-state index contributed by atoms with van der Waals surface area (Å²) in [5.41, 5.74) is 4.19. The highest BCUT2D eigenvalue weighted by atomic mass is 32.1. The molecular formula is C19H25NS. The Morgan fingerprint density at radius 2 is 2.00 bits per heavy atom. The summed E-state index contributed by atoms with van der Waals surface area (Å²) in [5, 5.41) is 6.06. The minimum atomic E-state index is 0.535. The van der Waals surface area contributed by atoms with Crippen LogP contribution in [0.25, 0.3) is 0 Å². The predicted molar refractivity (Wildman–Crippen MR) is 91.8 cm³/mol. The first-order valence-corrected chi connectivity index (χ1v) is 8.95. The molecule has 1 fully saturated rings. The second-order valence-electron chi connectivity index (χ2n) is 6.35. The second-order valence-corrected chi connectivity index (χ2v) is 7.33. The highest BCUT2D eigenvalue weighted by Crippen LogP contribution is 2.37. The van der Waals surface area contributed by atoms with Crippen molar-refractivity contribution in [2.75, 3.05) is 0 Å². The van der Waals surface area contributed by atoms with Gasteiger partial charge in [-0.25, -0.2) is 0 Å². The van der Waals surface area contributed by atoms with Gasteiger partial charge in [0.2, 0.25) is 0 Å². The van der Waals surface area contributed by atoms with Crippen molar-refractivity contribution in [2.24, 2.45) is 5.92 Å². The average Bonchev–Trinajstić information content (AvgIpc) is 3.16. The van der Waals surface area contributed by atoms with Crippen LogP contribution in [0.5, 0.6) is 0 Å². The lowest BCUT2D eigenvalue weighted by molar-refractivity contribution is 0.370. The predicted octanol–water partition coefficient (Wildman–Crippen LogP) is 5.39. The normalized spacial score (nSPS) is 17.2. The Bertz CT molecular complexity index is 567. The standard InChI is InChI=1S/C19H25NS/c1-14-9-10-15(2)17(12-14)13-20-19(16-6-3-4-7-16)18-8-5-11-21-18/h5,8-12,16,19-20H,3-4,6-7,13H2,1-2H3. The van der Waals surface area contributed by atoms with E-state index in [1.165, 1.54) is 47.3 Å². The molecule has 2 aromatic rings. The van der Waals surface area contributed by atoms with Crippen LogP contribution in [0.15, 0.2) is 35.7 Å². The van der Waals surface area contributed by atoms with E-state index < -0.39 is 0 Å². The molecule has 1 nitrogen and oxygen atoms in total. The molecule has 1 aliphatic rings. The third kappa shape index (κ3) is 3.56. The first kappa shape index (κ1) is 14.8. The number of benzene rings is 1. The molecule has 0 amide bonds. The summed E-state index contributed by atoms with van der Waals surface area (Å²) in [6.45, 7) is 5.37. The second kappa shape index (κ2) is 6.76. The van der Waals surface area contributed by atoms with Crippen molar-refractivity contribution in [1.82, 2.24) is 5.32 Å². The Balaban J connectivity index is 1.74. The molecular weight excluding hydrogens is 274 g/mol. The molecule has 0 aliphatic heterocycles. The van der Waals surface area contributed by atoms with E-state index in [1.807, 2.05) is 11.3 Å². The molecule has 0 bridgehead atoms. The molecule has 0 spiro atoms. The van der Waals surface area contributed by atoms with Gasteiger partial charge in [-0.2, -0.15) is 0 Å². The average molecular weight is 299 g/mol. The maximum absolute atomic E-state index is 3.86. The van der Waals surface area contributed by atoms with Gasteiger partial charge in [-0.1, -0.05) is 42.7 Å². The van der Waals surface area contributed by atoms with E-state index in [0.717, 1.165) is 12.5 Å². The Labute approximate surface area is 132 Å². The molecule has 1 N–H and O–H groups in total. The van der Waals surface area contributed by atoms with Crippen LogP contribution in [0.4, 0.5) is 0 Å². The van der Waals surface area contributed by atoms with E-state index in [2.05, 4.69) is 54.9 Å². The van der Waals surface area contributed by atoms with Crippen LogP contribution in [-0.4, -0.2) is 0 Å². The van der Waals surface area contributed by atoms with E-state index in [1.54, 1.807) is 0 Å². The van der Waals surface area contributed by atoms with Crippen molar-refractivity contribution in [3.63, 3.8) is 0 Å². The fourth-order valence-electron chi connectivity index (χ4n) is 3.47. The molecule has 0 saturated heterocycles. The largest absolute Gasteiger partial charge is 0.305 e. The lowest BCUT2D eigenvalue weighted by Gasteiger charge is -2.24. The van der Waals surface area contributed by atoms with Crippen molar-refractivity contribution in [3.8, 4) is 0 Å². The topological polar surface area (TPSA) is 12.0 Å². The molecule has 0 radical (unpaired) electrons. The van der Waals surface area contributed by atoms with Crippen LogP contribution >= 0.6 is 11.3 Å². The Morgan fingerprint density at radius 3 is 2.71 bits per heavy atom. The summed E-state index contributed by atoms with van der Waals surface area (Å²) >= 11 is 1.90. The van der Waals surface area contributed by atoms with E-state index in [-0.39, 0.29) is 0 Å². The van der Waals surface area contributed by atoms with Gasteiger partial charge in [-0.3, -0.25) is 0 Å². The minimum Gasteiger partial charge on any atom is -0.305 e. The smallest absolute Gasteiger partial charge is 0.0446 e. The fourth-order valence-corrected chi connectivity index (χ4v) is 4.36. The molecule has 1 unspecified atom stereocenters. The van der Waals surface area contributed by atoms with E-state index in [0.29, 0.717) is 6.04 Å². The van der Waals surface area contributed by atoms with Crippen molar-refractivity contribution in [1.29, 1.82) is 0 Å². The summed E-state index contributed by atoms with van der Waals surface area (Å²) in [5.74, 6) is 0.814. The monoisotopic (exact) mass is 299 g/mol. The van der Waals surface area contributed by atoms with Crippen LogP contribution < -0.4 is 5.32 Å². The maximum Gasteiger partial charge on any atom is 0.0446 e. The van der Waals surface area contributed by atoms with E-state index >= 15 is 0 Å². The molecule has 1 atom stereocenters. The third-order valence-corrected chi connectivity index (χ3v) is 5.69. The lowest BCUT2D eigenvalue weighted by Crippen LogP contribution is -2.26. The van der Waals surface area contributed by atoms with Crippen LogP contribution in [0.1, 0.15) is 53.3 Å². The number of thiophene rings is 1. The number of aryl methyl sites for hydroxylation is 2. The zero-order valence-electron chi connectivity index (χ0n) is 13.1. The van der Waals surface area contributed by atoms with Gasteiger partial charge in [-0.05, 0) is 55.2 Å². The van der Waals surface area contributed by atoms with E-state index in [4.69, 9.17) is 0 Å². The number of rotatable bonds is 5. The quantitative estimate of drug-likeness (QED) is 0.781. The molecule has 112 valence electrons. The van der Waals surface area contributed by atoms with Gasteiger partial charge in [-0.15, -0.1) is 11.3 Å². The number of nitrogens with one attached hydrogen (secondary N) is 1. The SMILES string of the molecule is Cc1ccc(C)c(CNC(c2cccs2)C2CCCC2)c1. The van der Waals surface area contributed by atoms with Crippen LogP contribution in [0, 0.1) is 19.8 Å². The van der Waals surface area contributed by atoms with E-state index in [9.17, 15) is 0 Å². The van der Waals surface area contributed by atoms with Crippen molar-refractivity contribution < 1.29 is 0 Å². The highest BCUT2D eigenvalue weighted by molar-refractivity contribution is 7.10. The van der Waals surface area contributed by atoms with Gasteiger partial charge < -0.3 is 5.32 Å². The number of hydrogen-bond donors (Lipinski definition) is 1. The number of hydrogen-bond acceptors (Lipinski definition) is 2. The van der Waals surface area contributed by atoms with Crippen molar-refractivity contribution >= 4 is 11.3 Å². The molecule has 1 aliphatic carbocycles. The van der Waals surface area contributed by atoms with Gasteiger partial charge in [0.25, 0.3) is 0 Å². The first-order chi connectivity index (χ1) is 10.2. The molecule has 3 rings (SSSR count). The Kier molecular flexibility index (Phi) is 4.77. The van der Waals surface area contributed by atoms with Crippen molar-refractivity contribution in [2.45, 2.75) is 52.1 Å². The molecule has 1 heterocycles. The fraction of sp³-hybridized carbons (Fsp3) is 0.474. The molecule has 2 heteroatoms. The summed E-state index contributed by atoms with van der Waals surface area (Å²) in [4.78, 5) is 1.51. The summed E-state index contributed by atoms with van der Waals surface area (Å²) in [7, 11) is 0. The molecule has 1 aromatic carbocycles. The van der Waals surface area contributed by atoms with Gasteiger partial charge in [0.05, 0.1) is 0 Å². The zero-order chi connectivity index (χ0) is 14.7. The maximum atomic E-state index is 3.86. The Hall–Kier alpha value is -1.12. The zero-order valence-corrected chi connectivity index (χ0v) is 13.9. The molecule has 21 heavy (non-hydrogen) atoms. The Morgan fingerprint density at radius 1 is 1.19 bits per heavy atom. The third-order valence-electron chi connectivity index (χ3n) is 4.74. The first-order valence-electron chi connectivity index (χ1n) is 8.07. The minimum absolute atomic E-state index is 0.535. The summed E-state index contributed by atoms with van der Waals surface area (Å²) < 4.78 is 0. The van der Waals surface area contributed by atoms with Gasteiger partial charge in [0.1, 0.15) is 0 Å². The lowest BCUT2D eigenvalue weighted by atomic mass is 9.96. The highest BCUT2D eigenvalue weighted by Gasteiger charge is 2.26. The van der Waals surface area contributed by atoms with Gasteiger partial charge in [0.15, 0.2) is 0 Å². The van der Waals surface area contributed by atoms with Gasteiger partial charge >= 0.3 is 0 Å². The summed E-state index contributed by atoms with van der Waals surface area (Å²) in [6, 6.07) is 11.8. The van der Waals surface area contributed by atoms with Crippen LogP contribution in [0.2, 0.25) is 0 Å². The van der Waals surface area contributed by atoms with Crippen molar-refractivity contribution in [3.05, 3.63) is 57.3 Å². The van der Waals surface area contributed by atoms with Gasteiger partial charge in [0, 0.05) is 17.5 Å².